The molecule has 24 heavy (non-hydrogen) atoms. The van der Waals surface area contributed by atoms with E-state index >= 15 is 0 Å². The van der Waals surface area contributed by atoms with Crippen molar-refractivity contribution in [2.24, 2.45) is 5.73 Å². The highest BCUT2D eigenvalue weighted by Gasteiger charge is 2.35. The maximum absolute atomic E-state index is 12.4. The largest absolute Gasteiger partial charge is 0.467 e. The van der Waals surface area contributed by atoms with E-state index in [-0.39, 0.29) is 17.9 Å². The van der Waals surface area contributed by atoms with Crippen LogP contribution in [0.2, 0.25) is 5.02 Å². The zero-order valence-electron chi connectivity index (χ0n) is 13.4. The van der Waals surface area contributed by atoms with Crippen LogP contribution in [-0.4, -0.2) is 25.7 Å². The molecule has 2 heterocycles. The highest BCUT2D eigenvalue weighted by atomic mass is 35.5. The first-order valence-electron chi connectivity index (χ1n) is 8.02. The summed E-state index contributed by atoms with van der Waals surface area (Å²) >= 11 is 6.00. The quantitative estimate of drug-likeness (QED) is 0.871. The fourth-order valence-corrected chi connectivity index (χ4v) is 3.22. The molecule has 1 aliphatic rings. The molecule has 1 aliphatic heterocycles. The summed E-state index contributed by atoms with van der Waals surface area (Å²) in [5.41, 5.74) is 7.04. The lowest BCUT2D eigenvalue weighted by Crippen LogP contribution is -2.44. The van der Waals surface area contributed by atoms with Crippen LogP contribution in [0.1, 0.15) is 34.5 Å². The summed E-state index contributed by atoms with van der Waals surface area (Å²) in [5.74, 6) is 0.442. The van der Waals surface area contributed by atoms with Gasteiger partial charge in [0.1, 0.15) is 12.0 Å². The van der Waals surface area contributed by atoms with Gasteiger partial charge in [-0.1, -0.05) is 23.7 Å². The third-order valence-corrected chi connectivity index (χ3v) is 4.86. The predicted molar refractivity (Wildman–Crippen MR) is 92.1 cm³/mol. The molecule has 3 N–H and O–H groups in total. The van der Waals surface area contributed by atoms with Crippen LogP contribution in [0.25, 0.3) is 0 Å². The van der Waals surface area contributed by atoms with Gasteiger partial charge in [0.05, 0.1) is 12.1 Å². The van der Waals surface area contributed by atoms with E-state index < -0.39 is 0 Å². The maximum atomic E-state index is 12.4. The number of carbonyl (C=O) groups excluding carboxylic acids is 1. The molecule has 0 atom stereocenters. The molecule has 2 aromatic rings. The third-order valence-electron chi connectivity index (χ3n) is 4.61. The van der Waals surface area contributed by atoms with Gasteiger partial charge in [0, 0.05) is 30.2 Å². The summed E-state index contributed by atoms with van der Waals surface area (Å²) in [6, 6.07) is 9.52. The van der Waals surface area contributed by atoms with Gasteiger partial charge in [0.15, 0.2) is 0 Å². The Labute approximate surface area is 146 Å². The van der Waals surface area contributed by atoms with Crippen molar-refractivity contribution < 1.29 is 13.9 Å². The van der Waals surface area contributed by atoms with Crippen LogP contribution in [0.4, 0.5) is 0 Å². The van der Waals surface area contributed by atoms with Gasteiger partial charge in [-0.05, 0) is 36.6 Å². The van der Waals surface area contributed by atoms with Crippen LogP contribution in [0.3, 0.4) is 0 Å². The Balaban J connectivity index is 1.75. The molecule has 0 unspecified atom stereocenters. The summed E-state index contributed by atoms with van der Waals surface area (Å²) in [7, 11) is 0. The van der Waals surface area contributed by atoms with Gasteiger partial charge in [0.25, 0.3) is 5.91 Å². The number of furan rings is 1. The molecule has 1 aromatic heterocycles. The van der Waals surface area contributed by atoms with Crippen molar-refractivity contribution in [2.75, 3.05) is 19.8 Å². The highest BCUT2D eigenvalue weighted by molar-refractivity contribution is 6.30. The number of nitrogens with two attached hydrogens (primary N) is 1. The Morgan fingerprint density at radius 1 is 1.25 bits per heavy atom. The van der Waals surface area contributed by atoms with Crippen molar-refractivity contribution in [3.63, 3.8) is 0 Å². The summed E-state index contributed by atoms with van der Waals surface area (Å²) < 4.78 is 10.7. The van der Waals surface area contributed by atoms with Crippen LogP contribution in [0, 0.1) is 0 Å². The maximum Gasteiger partial charge on any atom is 0.254 e. The summed E-state index contributed by atoms with van der Waals surface area (Å²) in [4.78, 5) is 12.4. The average molecular weight is 349 g/mol. The molecule has 5 nitrogen and oxygen atoms in total. The van der Waals surface area contributed by atoms with Gasteiger partial charge >= 0.3 is 0 Å². The number of carbonyl (C=O) groups is 1. The number of nitrogens with one attached hydrogen (secondary N) is 1. The minimum atomic E-state index is -0.154. The second kappa shape index (κ2) is 7.38. The monoisotopic (exact) mass is 348 g/mol. The summed E-state index contributed by atoms with van der Waals surface area (Å²) in [5, 5.41) is 3.74. The minimum absolute atomic E-state index is 0.140. The van der Waals surface area contributed by atoms with Gasteiger partial charge in [0.2, 0.25) is 0 Å². The van der Waals surface area contributed by atoms with Crippen molar-refractivity contribution in [1.82, 2.24) is 5.32 Å². The molecule has 1 amide bonds. The second-order valence-electron chi connectivity index (χ2n) is 6.09. The third kappa shape index (κ3) is 3.64. The van der Waals surface area contributed by atoms with Gasteiger partial charge in [-0.15, -0.1) is 0 Å². The lowest BCUT2D eigenvalue weighted by atomic mass is 9.74. The van der Waals surface area contributed by atoms with Crippen LogP contribution in [-0.2, 0) is 16.7 Å². The van der Waals surface area contributed by atoms with Crippen molar-refractivity contribution in [3.05, 3.63) is 58.5 Å². The SMILES string of the molecule is NCc1cc(C(=O)NCC2(c3ccc(Cl)cc3)CCOCC2)co1. The number of benzene rings is 1. The van der Waals surface area contributed by atoms with Crippen molar-refractivity contribution >= 4 is 17.5 Å². The molecule has 0 bridgehead atoms. The normalized spacial score (nSPS) is 16.8. The average Bonchev–Trinajstić information content (AvgIpc) is 3.10. The Morgan fingerprint density at radius 3 is 2.58 bits per heavy atom. The van der Waals surface area contributed by atoms with Crippen LogP contribution in [0.15, 0.2) is 41.0 Å². The lowest BCUT2D eigenvalue weighted by molar-refractivity contribution is 0.0487. The fraction of sp³-hybridized carbons (Fsp3) is 0.389. The van der Waals surface area contributed by atoms with E-state index in [2.05, 4.69) is 5.32 Å². The first kappa shape index (κ1) is 17.0. The topological polar surface area (TPSA) is 77.5 Å². The predicted octanol–water partition coefficient (Wildman–Crippen LogP) is 2.87. The molecule has 1 fully saturated rings. The van der Waals surface area contributed by atoms with E-state index in [1.807, 2.05) is 24.3 Å². The lowest BCUT2D eigenvalue weighted by Gasteiger charge is -2.38. The molecular weight excluding hydrogens is 328 g/mol. The van der Waals surface area contributed by atoms with E-state index in [1.165, 1.54) is 11.8 Å². The second-order valence-corrected chi connectivity index (χ2v) is 6.52. The van der Waals surface area contributed by atoms with Gasteiger partial charge in [-0.2, -0.15) is 0 Å². The molecule has 0 spiro atoms. The molecule has 1 aromatic carbocycles. The fourth-order valence-electron chi connectivity index (χ4n) is 3.09. The van der Waals surface area contributed by atoms with E-state index in [9.17, 15) is 4.79 Å². The van der Waals surface area contributed by atoms with E-state index in [4.69, 9.17) is 26.5 Å². The van der Waals surface area contributed by atoms with Crippen molar-refractivity contribution in [1.29, 1.82) is 0 Å². The first-order chi connectivity index (χ1) is 11.6. The Hall–Kier alpha value is -1.82. The smallest absolute Gasteiger partial charge is 0.254 e. The highest BCUT2D eigenvalue weighted by Crippen LogP contribution is 2.35. The number of rotatable bonds is 5. The molecular formula is C18H21ClN2O3. The standard InChI is InChI=1S/C18H21ClN2O3/c19-15-3-1-14(2-4-15)18(5-7-23-8-6-18)12-21-17(22)13-9-16(10-20)24-11-13/h1-4,9,11H,5-8,10,12,20H2,(H,21,22). The molecule has 1 saturated heterocycles. The molecule has 0 radical (unpaired) electrons. The van der Waals surface area contributed by atoms with E-state index in [1.54, 1.807) is 6.07 Å². The Morgan fingerprint density at radius 2 is 1.96 bits per heavy atom. The van der Waals surface area contributed by atoms with Gasteiger partial charge in [-0.3, -0.25) is 4.79 Å². The first-order valence-corrected chi connectivity index (χ1v) is 8.40. The zero-order valence-corrected chi connectivity index (χ0v) is 14.1. The number of halogens is 1. The Bertz CT molecular complexity index is 691. The molecule has 3 rings (SSSR count). The summed E-state index contributed by atoms with van der Waals surface area (Å²) in [6.45, 7) is 2.18. The number of ether oxygens (including phenoxy) is 1. The van der Waals surface area contributed by atoms with Crippen molar-refractivity contribution in [3.8, 4) is 0 Å². The van der Waals surface area contributed by atoms with Crippen molar-refractivity contribution in [2.45, 2.75) is 24.8 Å². The molecule has 0 saturated carbocycles. The summed E-state index contributed by atoms with van der Waals surface area (Å²) in [6.07, 6.45) is 3.15. The number of hydrogen-bond acceptors (Lipinski definition) is 4. The van der Waals surface area contributed by atoms with Crippen LogP contribution < -0.4 is 11.1 Å². The van der Waals surface area contributed by atoms with E-state index in [0.29, 0.717) is 36.1 Å². The van der Waals surface area contributed by atoms with Gasteiger partial charge < -0.3 is 20.2 Å². The minimum Gasteiger partial charge on any atom is -0.467 e. The van der Waals surface area contributed by atoms with E-state index in [0.717, 1.165) is 12.8 Å². The molecule has 6 heteroatoms. The number of amides is 1. The zero-order chi connectivity index (χ0) is 17.0. The van der Waals surface area contributed by atoms with Crippen LogP contribution >= 0.6 is 11.6 Å². The molecule has 0 aliphatic carbocycles. The van der Waals surface area contributed by atoms with Crippen LogP contribution in [0.5, 0.6) is 0 Å². The number of hydrogen-bond donors (Lipinski definition) is 2. The molecule has 128 valence electrons. The Kier molecular flexibility index (Phi) is 5.23. The van der Waals surface area contributed by atoms with Gasteiger partial charge in [-0.25, -0.2) is 0 Å².